The smallest absolute Gasteiger partial charge is 0.130 e. The highest BCUT2D eigenvalue weighted by Gasteiger charge is 2.07. The molecule has 0 radical (unpaired) electrons. The Bertz CT molecular complexity index is 316. The summed E-state index contributed by atoms with van der Waals surface area (Å²) in [6, 6.07) is 1.98. The fourth-order valence-corrected chi connectivity index (χ4v) is 2.40. The summed E-state index contributed by atoms with van der Waals surface area (Å²) in [5.74, 6) is 2.26. The molecule has 1 atom stereocenters. The van der Waals surface area contributed by atoms with Crippen molar-refractivity contribution in [3.8, 4) is 0 Å². The Kier molecular flexibility index (Phi) is 7.37. The van der Waals surface area contributed by atoms with E-state index in [2.05, 4.69) is 22.2 Å². The SMILES string of the molecule is CCCC(CCCl)CNc1cc(SC)ncn1. The summed E-state index contributed by atoms with van der Waals surface area (Å²) in [7, 11) is 0. The van der Waals surface area contributed by atoms with Crippen molar-refractivity contribution in [2.75, 3.05) is 24.0 Å². The predicted molar refractivity (Wildman–Crippen MR) is 76.0 cm³/mol. The third-order valence-electron chi connectivity index (χ3n) is 2.64. The minimum atomic E-state index is 0.630. The van der Waals surface area contributed by atoms with Crippen LogP contribution in [-0.4, -0.2) is 28.6 Å². The zero-order valence-electron chi connectivity index (χ0n) is 10.4. The first-order valence-electron chi connectivity index (χ1n) is 5.96. The topological polar surface area (TPSA) is 37.8 Å². The number of rotatable bonds is 8. The van der Waals surface area contributed by atoms with Gasteiger partial charge in [0, 0.05) is 18.5 Å². The van der Waals surface area contributed by atoms with E-state index in [4.69, 9.17) is 11.6 Å². The number of alkyl halides is 1. The first kappa shape index (κ1) is 14.6. The molecule has 0 aliphatic carbocycles. The molecule has 0 saturated heterocycles. The molecule has 0 bridgehead atoms. The molecule has 0 saturated carbocycles. The fourth-order valence-electron chi connectivity index (χ4n) is 1.71. The summed E-state index contributed by atoms with van der Waals surface area (Å²) < 4.78 is 0. The molecule has 1 N–H and O–H groups in total. The third-order valence-corrected chi connectivity index (χ3v) is 3.50. The number of hydrogen-bond acceptors (Lipinski definition) is 4. The van der Waals surface area contributed by atoms with Crippen molar-refractivity contribution >= 4 is 29.2 Å². The van der Waals surface area contributed by atoms with E-state index in [-0.39, 0.29) is 0 Å². The van der Waals surface area contributed by atoms with Crippen LogP contribution in [0.1, 0.15) is 26.2 Å². The minimum Gasteiger partial charge on any atom is -0.370 e. The summed E-state index contributed by atoms with van der Waals surface area (Å²) in [6.45, 7) is 3.14. The number of nitrogens with zero attached hydrogens (tertiary/aromatic N) is 2. The van der Waals surface area contributed by atoms with Gasteiger partial charge in [-0.25, -0.2) is 9.97 Å². The van der Waals surface area contributed by atoms with Crippen LogP contribution >= 0.6 is 23.4 Å². The van der Waals surface area contributed by atoms with Crippen molar-refractivity contribution in [2.45, 2.75) is 31.2 Å². The van der Waals surface area contributed by atoms with Gasteiger partial charge >= 0.3 is 0 Å². The number of halogens is 1. The Hall–Kier alpha value is -0.480. The summed E-state index contributed by atoms with van der Waals surface area (Å²) >= 11 is 7.43. The molecular weight excluding hydrogens is 254 g/mol. The Balaban J connectivity index is 2.46. The number of anilines is 1. The van der Waals surface area contributed by atoms with Crippen molar-refractivity contribution in [1.29, 1.82) is 0 Å². The second kappa shape index (κ2) is 8.59. The second-order valence-electron chi connectivity index (χ2n) is 3.96. The standard InChI is InChI=1S/C12H20ClN3S/c1-3-4-10(5-6-13)8-14-11-7-12(17-2)16-9-15-11/h7,9-10H,3-6,8H2,1-2H3,(H,14,15,16). The zero-order valence-corrected chi connectivity index (χ0v) is 12.0. The summed E-state index contributed by atoms with van der Waals surface area (Å²) in [4.78, 5) is 8.36. The molecule has 1 aromatic rings. The number of thioether (sulfide) groups is 1. The lowest BCUT2D eigenvalue weighted by Crippen LogP contribution is -2.15. The van der Waals surface area contributed by atoms with Crippen LogP contribution in [0.2, 0.25) is 0 Å². The molecule has 0 fully saturated rings. The van der Waals surface area contributed by atoms with E-state index < -0.39 is 0 Å². The number of hydrogen-bond donors (Lipinski definition) is 1. The van der Waals surface area contributed by atoms with Crippen LogP contribution in [0.5, 0.6) is 0 Å². The zero-order chi connectivity index (χ0) is 12.5. The molecule has 1 rings (SSSR count). The number of aromatic nitrogens is 2. The maximum Gasteiger partial charge on any atom is 0.130 e. The van der Waals surface area contributed by atoms with E-state index in [1.165, 1.54) is 12.8 Å². The largest absolute Gasteiger partial charge is 0.370 e. The Morgan fingerprint density at radius 2 is 2.24 bits per heavy atom. The van der Waals surface area contributed by atoms with Crippen LogP contribution < -0.4 is 5.32 Å². The quantitative estimate of drug-likeness (QED) is 0.446. The molecule has 96 valence electrons. The Morgan fingerprint density at radius 3 is 2.88 bits per heavy atom. The van der Waals surface area contributed by atoms with Gasteiger partial charge in [-0.15, -0.1) is 23.4 Å². The molecule has 1 aromatic heterocycles. The highest BCUT2D eigenvalue weighted by Crippen LogP contribution is 2.16. The van der Waals surface area contributed by atoms with Crippen LogP contribution in [0.3, 0.4) is 0 Å². The lowest BCUT2D eigenvalue weighted by atomic mass is 10.0. The highest BCUT2D eigenvalue weighted by atomic mass is 35.5. The van der Waals surface area contributed by atoms with E-state index >= 15 is 0 Å². The average Bonchev–Trinajstić information content (AvgIpc) is 2.37. The molecule has 0 spiro atoms. The van der Waals surface area contributed by atoms with Crippen LogP contribution in [0.4, 0.5) is 5.82 Å². The molecule has 3 nitrogen and oxygen atoms in total. The van der Waals surface area contributed by atoms with Crippen molar-refractivity contribution in [1.82, 2.24) is 9.97 Å². The average molecular weight is 274 g/mol. The Morgan fingerprint density at radius 1 is 1.41 bits per heavy atom. The summed E-state index contributed by atoms with van der Waals surface area (Å²) in [5.41, 5.74) is 0. The predicted octanol–water partition coefficient (Wildman–Crippen LogP) is 3.66. The van der Waals surface area contributed by atoms with Crippen LogP contribution in [0, 0.1) is 5.92 Å². The van der Waals surface area contributed by atoms with E-state index in [0.29, 0.717) is 5.92 Å². The molecule has 0 aliphatic rings. The molecular formula is C12H20ClN3S. The molecule has 0 amide bonds. The lowest BCUT2D eigenvalue weighted by molar-refractivity contribution is 0.489. The van der Waals surface area contributed by atoms with Crippen molar-refractivity contribution in [2.24, 2.45) is 5.92 Å². The van der Waals surface area contributed by atoms with Crippen LogP contribution in [0.15, 0.2) is 17.4 Å². The lowest BCUT2D eigenvalue weighted by Gasteiger charge is -2.15. The highest BCUT2D eigenvalue weighted by molar-refractivity contribution is 7.98. The summed E-state index contributed by atoms with van der Waals surface area (Å²) in [5, 5.41) is 4.36. The molecule has 1 unspecified atom stereocenters. The number of nitrogens with one attached hydrogen (secondary N) is 1. The van der Waals surface area contributed by atoms with E-state index in [1.807, 2.05) is 12.3 Å². The van der Waals surface area contributed by atoms with Gasteiger partial charge in [0.2, 0.25) is 0 Å². The van der Waals surface area contributed by atoms with Crippen LogP contribution in [-0.2, 0) is 0 Å². The van der Waals surface area contributed by atoms with E-state index in [0.717, 1.165) is 29.7 Å². The maximum atomic E-state index is 5.80. The van der Waals surface area contributed by atoms with Gasteiger partial charge in [-0.3, -0.25) is 0 Å². The van der Waals surface area contributed by atoms with E-state index in [1.54, 1.807) is 18.1 Å². The van der Waals surface area contributed by atoms with Gasteiger partial charge < -0.3 is 5.32 Å². The van der Waals surface area contributed by atoms with Gasteiger partial charge in [0.15, 0.2) is 0 Å². The molecule has 0 aliphatic heterocycles. The third kappa shape index (κ3) is 5.59. The monoisotopic (exact) mass is 273 g/mol. The molecule has 0 aromatic carbocycles. The first-order chi connectivity index (χ1) is 8.30. The summed E-state index contributed by atoms with van der Waals surface area (Å²) in [6.07, 6.45) is 7.08. The second-order valence-corrected chi connectivity index (χ2v) is 5.16. The molecule has 17 heavy (non-hydrogen) atoms. The van der Waals surface area contributed by atoms with Gasteiger partial charge in [-0.05, 0) is 25.0 Å². The van der Waals surface area contributed by atoms with Crippen molar-refractivity contribution < 1.29 is 0 Å². The van der Waals surface area contributed by atoms with Gasteiger partial charge in [-0.2, -0.15) is 0 Å². The van der Waals surface area contributed by atoms with Gasteiger partial charge in [-0.1, -0.05) is 13.3 Å². The van der Waals surface area contributed by atoms with Gasteiger partial charge in [0.1, 0.15) is 17.2 Å². The van der Waals surface area contributed by atoms with E-state index in [9.17, 15) is 0 Å². The minimum absolute atomic E-state index is 0.630. The maximum absolute atomic E-state index is 5.80. The fraction of sp³-hybridized carbons (Fsp3) is 0.667. The van der Waals surface area contributed by atoms with Gasteiger partial charge in [0.05, 0.1) is 0 Å². The first-order valence-corrected chi connectivity index (χ1v) is 7.72. The van der Waals surface area contributed by atoms with Crippen molar-refractivity contribution in [3.63, 3.8) is 0 Å². The molecule has 5 heteroatoms. The van der Waals surface area contributed by atoms with Crippen molar-refractivity contribution in [3.05, 3.63) is 12.4 Å². The Labute approximate surface area is 113 Å². The van der Waals surface area contributed by atoms with Crippen LogP contribution in [0.25, 0.3) is 0 Å². The van der Waals surface area contributed by atoms with Gasteiger partial charge in [0.25, 0.3) is 0 Å². The molecule has 1 heterocycles. The normalized spacial score (nSPS) is 12.4.